The fraction of sp³-hybridized carbons (Fsp3) is 0.188. The number of ether oxygens (including phenoxy) is 1. The van der Waals surface area contributed by atoms with Crippen LogP contribution in [0.4, 0.5) is 13.2 Å². The lowest BCUT2D eigenvalue weighted by molar-refractivity contribution is -0.137. The van der Waals surface area contributed by atoms with Gasteiger partial charge in [0.2, 0.25) is 0 Å². The third-order valence-corrected chi connectivity index (χ3v) is 3.49. The molecule has 21 heavy (non-hydrogen) atoms. The van der Waals surface area contributed by atoms with Crippen LogP contribution in [0, 0.1) is 6.92 Å². The lowest BCUT2D eigenvalue weighted by Crippen LogP contribution is -2.06. The molecule has 0 aromatic heterocycles. The summed E-state index contributed by atoms with van der Waals surface area (Å²) < 4.78 is 43.3. The van der Waals surface area contributed by atoms with Gasteiger partial charge in [-0.15, -0.1) is 0 Å². The molecule has 5 heteroatoms. The van der Waals surface area contributed by atoms with Crippen molar-refractivity contribution in [1.29, 1.82) is 0 Å². The van der Waals surface area contributed by atoms with E-state index in [4.69, 9.17) is 4.74 Å². The molecule has 0 saturated heterocycles. The summed E-state index contributed by atoms with van der Waals surface area (Å²) in [5.74, 6) is -0.721. The van der Waals surface area contributed by atoms with E-state index in [-0.39, 0.29) is 5.56 Å². The van der Waals surface area contributed by atoms with E-state index in [0.717, 1.165) is 23.3 Å². The highest BCUT2D eigenvalue weighted by Gasteiger charge is 2.37. The van der Waals surface area contributed by atoms with E-state index < -0.39 is 23.8 Å². The van der Waals surface area contributed by atoms with Gasteiger partial charge >= 0.3 is 12.1 Å². The van der Waals surface area contributed by atoms with Gasteiger partial charge in [-0.25, -0.2) is 4.79 Å². The Labute approximate surface area is 119 Å². The Morgan fingerprint density at radius 2 is 1.71 bits per heavy atom. The van der Waals surface area contributed by atoms with Crippen LogP contribution in [0.1, 0.15) is 38.7 Å². The number of carbonyl (C=O) groups is 1. The molecular weight excluding hydrogens is 281 g/mol. The number of cyclic esters (lactones) is 1. The molecule has 2 aromatic carbocycles. The van der Waals surface area contributed by atoms with E-state index in [9.17, 15) is 18.0 Å². The van der Waals surface area contributed by atoms with Crippen molar-refractivity contribution in [3.63, 3.8) is 0 Å². The summed E-state index contributed by atoms with van der Waals surface area (Å²) in [4.78, 5) is 11.8. The van der Waals surface area contributed by atoms with Crippen LogP contribution in [0.15, 0.2) is 42.5 Å². The van der Waals surface area contributed by atoms with Gasteiger partial charge in [0.15, 0.2) is 6.10 Å². The number of esters is 1. The maximum absolute atomic E-state index is 12.7. The molecule has 0 saturated carbocycles. The van der Waals surface area contributed by atoms with Gasteiger partial charge in [-0.05, 0) is 24.6 Å². The Bertz CT molecular complexity index is 702. The number of hydrogen-bond donors (Lipinski definition) is 0. The van der Waals surface area contributed by atoms with Crippen LogP contribution in [0.25, 0.3) is 0 Å². The fourth-order valence-corrected chi connectivity index (χ4v) is 2.36. The third kappa shape index (κ3) is 2.39. The number of aryl methyl sites for hydroxylation is 1. The number of fused-ring (bicyclic) bond motifs is 1. The highest BCUT2D eigenvalue weighted by atomic mass is 19.4. The molecule has 0 fully saturated rings. The Hall–Kier alpha value is -2.30. The summed E-state index contributed by atoms with van der Waals surface area (Å²) in [5, 5.41) is 0. The maximum Gasteiger partial charge on any atom is 0.416 e. The first kappa shape index (κ1) is 13.7. The molecule has 0 spiro atoms. The normalized spacial score (nSPS) is 17.5. The summed E-state index contributed by atoms with van der Waals surface area (Å²) in [6, 6.07) is 10.5. The highest BCUT2D eigenvalue weighted by Crippen LogP contribution is 2.39. The Balaban J connectivity index is 2.04. The molecular formula is C16H11F3O2. The molecule has 2 nitrogen and oxygen atoms in total. The van der Waals surface area contributed by atoms with Crippen LogP contribution >= 0.6 is 0 Å². The van der Waals surface area contributed by atoms with E-state index in [1.54, 1.807) is 12.1 Å². The van der Waals surface area contributed by atoms with E-state index in [0.29, 0.717) is 5.56 Å². The zero-order valence-corrected chi connectivity index (χ0v) is 11.1. The minimum atomic E-state index is -4.47. The average Bonchev–Trinajstić information content (AvgIpc) is 2.76. The first-order chi connectivity index (χ1) is 9.86. The van der Waals surface area contributed by atoms with Crippen LogP contribution in [0.3, 0.4) is 0 Å². The van der Waals surface area contributed by atoms with Crippen molar-refractivity contribution >= 4 is 5.97 Å². The molecule has 2 aromatic rings. The van der Waals surface area contributed by atoms with Gasteiger partial charge in [-0.3, -0.25) is 0 Å². The van der Waals surface area contributed by atoms with Crippen molar-refractivity contribution in [2.75, 3.05) is 0 Å². The molecule has 0 amide bonds. The van der Waals surface area contributed by atoms with E-state index in [1.807, 2.05) is 19.1 Å². The monoisotopic (exact) mass is 292 g/mol. The van der Waals surface area contributed by atoms with Crippen LogP contribution in [-0.2, 0) is 10.9 Å². The maximum atomic E-state index is 12.7. The summed E-state index contributed by atoms with van der Waals surface area (Å²) in [5.41, 5.74) is 1.40. The second kappa shape index (κ2) is 4.62. The molecule has 1 atom stereocenters. The third-order valence-electron chi connectivity index (χ3n) is 3.49. The fourth-order valence-electron chi connectivity index (χ4n) is 2.36. The predicted molar refractivity (Wildman–Crippen MR) is 69.9 cm³/mol. The number of rotatable bonds is 1. The first-order valence-corrected chi connectivity index (χ1v) is 6.35. The van der Waals surface area contributed by atoms with Crippen LogP contribution in [-0.4, -0.2) is 5.97 Å². The number of carbonyl (C=O) groups excluding carboxylic acids is 1. The van der Waals surface area contributed by atoms with Gasteiger partial charge in [0.25, 0.3) is 0 Å². The van der Waals surface area contributed by atoms with Crippen LogP contribution in [0.5, 0.6) is 0 Å². The molecule has 1 heterocycles. The van der Waals surface area contributed by atoms with Gasteiger partial charge in [-0.2, -0.15) is 13.2 Å². The number of halogens is 3. The van der Waals surface area contributed by atoms with Gasteiger partial charge in [-0.1, -0.05) is 35.9 Å². The van der Waals surface area contributed by atoms with Crippen molar-refractivity contribution in [3.05, 3.63) is 70.3 Å². The van der Waals surface area contributed by atoms with Crippen LogP contribution in [0.2, 0.25) is 0 Å². The lowest BCUT2D eigenvalue weighted by Gasteiger charge is -2.12. The molecule has 1 aliphatic heterocycles. The molecule has 0 aliphatic carbocycles. The molecule has 1 aliphatic rings. The first-order valence-electron chi connectivity index (χ1n) is 6.35. The van der Waals surface area contributed by atoms with Crippen LogP contribution < -0.4 is 0 Å². The van der Waals surface area contributed by atoms with E-state index >= 15 is 0 Å². The van der Waals surface area contributed by atoms with E-state index in [2.05, 4.69) is 0 Å². The molecule has 0 bridgehead atoms. The summed E-state index contributed by atoms with van der Waals surface area (Å²) in [6.45, 7) is 1.92. The van der Waals surface area contributed by atoms with Gasteiger partial charge < -0.3 is 4.74 Å². The molecule has 0 N–H and O–H groups in total. The van der Waals surface area contributed by atoms with Crippen molar-refractivity contribution in [2.45, 2.75) is 19.2 Å². The average molecular weight is 292 g/mol. The smallest absolute Gasteiger partial charge is 0.416 e. The Morgan fingerprint density at radius 3 is 2.33 bits per heavy atom. The summed E-state index contributed by atoms with van der Waals surface area (Å²) in [7, 11) is 0. The standard InChI is InChI=1S/C16H11F3O2/c1-9-2-4-10(5-3-9)14-12-7-6-11(16(17,18)19)8-13(12)15(20)21-14/h2-8,14H,1H3. The number of hydrogen-bond acceptors (Lipinski definition) is 2. The van der Waals surface area contributed by atoms with Crippen molar-refractivity contribution < 1.29 is 22.7 Å². The molecule has 3 rings (SSSR count). The Kier molecular flexibility index (Phi) is 3.01. The zero-order valence-electron chi connectivity index (χ0n) is 11.1. The summed E-state index contributed by atoms with van der Waals surface area (Å²) >= 11 is 0. The van der Waals surface area contributed by atoms with Gasteiger partial charge in [0, 0.05) is 5.56 Å². The highest BCUT2D eigenvalue weighted by molar-refractivity contribution is 5.94. The van der Waals surface area contributed by atoms with Crippen molar-refractivity contribution in [2.24, 2.45) is 0 Å². The topological polar surface area (TPSA) is 26.3 Å². The largest absolute Gasteiger partial charge is 0.449 e. The number of alkyl halides is 3. The Morgan fingerprint density at radius 1 is 1.05 bits per heavy atom. The summed E-state index contributed by atoms with van der Waals surface area (Å²) in [6.07, 6.45) is -5.12. The second-order valence-electron chi connectivity index (χ2n) is 5.00. The molecule has 0 radical (unpaired) electrons. The second-order valence-corrected chi connectivity index (χ2v) is 5.00. The van der Waals surface area contributed by atoms with Gasteiger partial charge in [0.1, 0.15) is 0 Å². The molecule has 108 valence electrons. The van der Waals surface area contributed by atoms with Crippen molar-refractivity contribution in [3.8, 4) is 0 Å². The van der Waals surface area contributed by atoms with Gasteiger partial charge in [0.05, 0.1) is 11.1 Å². The van der Waals surface area contributed by atoms with E-state index in [1.165, 1.54) is 6.07 Å². The number of benzene rings is 2. The predicted octanol–water partition coefficient (Wildman–Crippen LogP) is 4.27. The quantitative estimate of drug-likeness (QED) is 0.734. The minimum absolute atomic E-state index is 0.0181. The van der Waals surface area contributed by atoms with Crippen molar-refractivity contribution in [1.82, 2.24) is 0 Å². The SMILES string of the molecule is Cc1ccc(C2OC(=O)c3cc(C(F)(F)F)ccc32)cc1. The lowest BCUT2D eigenvalue weighted by atomic mass is 9.97. The molecule has 1 unspecified atom stereocenters. The zero-order chi connectivity index (χ0) is 15.2. The minimum Gasteiger partial charge on any atom is -0.449 e.